The number of carbonyl (C=O) groups is 1. The summed E-state index contributed by atoms with van der Waals surface area (Å²) in [6.45, 7) is 7.80. The first kappa shape index (κ1) is 12.3. The van der Waals surface area contributed by atoms with Crippen molar-refractivity contribution >= 4 is 6.16 Å². The summed E-state index contributed by atoms with van der Waals surface area (Å²) in [6.07, 6.45) is -1.30. The minimum atomic E-state index is -1.30. The van der Waals surface area contributed by atoms with Crippen molar-refractivity contribution in [2.75, 3.05) is 13.2 Å². The van der Waals surface area contributed by atoms with Gasteiger partial charge >= 0.3 is 6.16 Å². The lowest BCUT2D eigenvalue weighted by Gasteiger charge is -2.44. The molecule has 1 N–H and O–H groups in total. The van der Waals surface area contributed by atoms with Crippen LogP contribution in [0.15, 0.2) is 0 Å². The molecule has 88 valence electrons. The van der Waals surface area contributed by atoms with Gasteiger partial charge in [-0.2, -0.15) is 0 Å². The molecule has 0 aromatic rings. The second-order valence-electron chi connectivity index (χ2n) is 4.56. The highest BCUT2D eigenvalue weighted by molar-refractivity contribution is 5.57. The van der Waals surface area contributed by atoms with E-state index in [1.54, 1.807) is 13.8 Å². The fraction of sp³-hybridized carbons (Fsp3) is 0.900. The van der Waals surface area contributed by atoms with Crippen LogP contribution in [0.5, 0.6) is 0 Å². The minimum Gasteiger partial charge on any atom is -0.450 e. The average Bonchev–Trinajstić information content (AvgIpc) is 2.08. The van der Waals surface area contributed by atoms with E-state index in [0.29, 0.717) is 0 Å². The molecule has 0 aliphatic carbocycles. The van der Waals surface area contributed by atoms with Gasteiger partial charge in [-0.1, -0.05) is 13.8 Å². The molecule has 1 aliphatic rings. The minimum absolute atomic E-state index is 0.00435. The molecular weight excluding hydrogens is 200 g/mol. The molecule has 1 heterocycles. The molecule has 0 amide bonds. The summed E-state index contributed by atoms with van der Waals surface area (Å²) in [7, 11) is 0. The summed E-state index contributed by atoms with van der Waals surface area (Å²) in [4.78, 5) is 10.6. The van der Waals surface area contributed by atoms with Crippen LogP contribution >= 0.6 is 0 Å². The van der Waals surface area contributed by atoms with Crippen molar-refractivity contribution < 1.29 is 24.1 Å². The van der Waals surface area contributed by atoms with Gasteiger partial charge in [-0.15, -0.1) is 0 Å². The molecule has 1 aliphatic heterocycles. The lowest BCUT2D eigenvalue weighted by Crippen LogP contribution is -2.56. The summed E-state index contributed by atoms with van der Waals surface area (Å²) in [5.41, 5.74) is -0.888. The Balaban J connectivity index is 2.73. The maximum absolute atomic E-state index is 10.6. The van der Waals surface area contributed by atoms with Crippen LogP contribution in [0.4, 0.5) is 4.79 Å². The summed E-state index contributed by atoms with van der Waals surface area (Å²) in [5.74, 6) is -0.662. The van der Waals surface area contributed by atoms with Gasteiger partial charge in [0.05, 0.1) is 13.2 Å². The van der Waals surface area contributed by atoms with E-state index in [-0.39, 0.29) is 19.1 Å². The van der Waals surface area contributed by atoms with Crippen molar-refractivity contribution in [3.8, 4) is 0 Å². The van der Waals surface area contributed by atoms with Crippen molar-refractivity contribution in [1.82, 2.24) is 0 Å². The molecule has 0 saturated carbocycles. The molecule has 0 bridgehead atoms. The maximum atomic E-state index is 10.6. The molecule has 15 heavy (non-hydrogen) atoms. The summed E-state index contributed by atoms with van der Waals surface area (Å²) >= 11 is 0. The van der Waals surface area contributed by atoms with Gasteiger partial charge in [0.2, 0.25) is 0 Å². The number of carboxylic acid groups (broad SMARTS) is 1. The highest BCUT2D eigenvalue weighted by atomic mass is 16.7. The Morgan fingerprint density at radius 1 is 1.33 bits per heavy atom. The highest BCUT2D eigenvalue weighted by Gasteiger charge is 2.45. The van der Waals surface area contributed by atoms with Crippen molar-refractivity contribution in [2.24, 2.45) is 5.92 Å². The third-order valence-electron chi connectivity index (χ3n) is 2.67. The zero-order valence-corrected chi connectivity index (χ0v) is 9.57. The Hall–Kier alpha value is -0.810. The largest absolute Gasteiger partial charge is 0.506 e. The van der Waals surface area contributed by atoms with Gasteiger partial charge in [0.1, 0.15) is 0 Å². The molecule has 0 spiro atoms. The van der Waals surface area contributed by atoms with Crippen LogP contribution in [0.3, 0.4) is 0 Å². The van der Waals surface area contributed by atoms with Crippen LogP contribution in [0.25, 0.3) is 0 Å². The maximum Gasteiger partial charge on any atom is 0.506 e. The third-order valence-corrected chi connectivity index (χ3v) is 2.67. The van der Waals surface area contributed by atoms with Crippen LogP contribution in [-0.4, -0.2) is 35.9 Å². The quantitative estimate of drug-likeness (QED) is 0.716. The molecule has 0 radical (unpaired) electrons. The van der Waals surface area contributed by atoms with E-state index in [9.17, 15) is 4.79 Å². The fourth-order valence-corrected chi connectivity index (χ4v) is 1.36. The zero-order valence-electron chi connectivity index (χ0n) is 9.57. The van der Waals surface area contributed by atoms with Crippen LogP contribution < -0.4 is 0 Å². The molecular formula is C10H18O5. The third kappa shape index (κ3) is 2.82. The topological polar surface area (TPSA) is 65.0 Å². The molecule has 0 unspecified atom stereocenters. The van der Waals surface area contributed by atoms with Crippen molar-refractivity contribution in [3.05, 3.63) is 0 Å². The summed E-state index contributed by atoms with van der Waals surface area (Å²) < 4.78 is 15.8. The van der Waals surface area contributed by atoms with E-state index in [2.05, 4.69) is 0 Å². The SMILES string of the molecule is CC(C)C1(OC(=O)O)COC(C)(C)OC1. The molecule has 0 atom stereocenters. The smallest absolute Gasteiger partial charge is 0.450 e. The standard InChI is InChI=1S/C10H18O5/c1-7(2)10(15-8(11)12)5-13-9(3,4)14-6-10/h7H,5-6H2,1-4H3,(H,11,12). The Labute approximate surface area is 89.3 Å². The predicted octanol–water partition coefficient (Wildman–Crippen LogP) is 1.86. The van der Waals surface area contributed by atoms with Gasteiger partial charge in [0.15, 0.2) is 11.4 Å². The first-order valence-electron chi connectivity index (χ1n) is 4.97. The van der Waals surface area contributed by atoms with Crippen LogP contribution in [0.1, 0.15) is 27.7 Å². The molecule has 5 nitrogen and oxygen atoms in total. The molecule has 1 fully saturated rings. The molecule has 0 aromatic carbocycles. The van der Waals surface area contributed by atoms with Gasteiger partial charge in [-0.05, 0) is 19.8 Å². The molecule has 1 rings (SSSR count). The lowest BCUT2D eigenvalue weighted by molar-refractivity contribution is -0.309. The average molecular weight is 218 g/mol. The fourth-order valence-electron chi connectivity index (χ4n) is 1.36. The second-order valence-corrected chi connectivity index (χ2v) is 4.56. The van der Waals surface area contributed by atoms with E-state index in [0.717, 1.165) is 0 Å². The zero-order chi connectivity index (χ0) is 11.7. The first-order valence-corrected chi connectivity index (χ1v) is 4.97. The van der Waals surface area contributed by atoms with E-state index < -0.39 is 17.5 Å². The summed E-state index contributed by atoms with van der Waals surface area (Å²) in [6, 6.07) is 0. The van der Waals surface area contributed by atoms with Crippen LogP contribution in [0.2, 0.25) is 0 Å². The van der Waals surface area contributed by atoms with Crippen molar-refractivity contribution in [2.45, 2.75) is 39.1 Å². The van der Waals surface area contributed by atoms with E-state index in [4.69, 9.17) is 19.3 Å². The van der Waals surface area contributed by atoms with Crippen LogP contribution in [0, 0.1) is 5.92 Å². The van der Waals surface area contributed by atoms with Crippen LogP contribution in [-0.2, 0) is 14.2 Å². The second kappa shape index (κ2) is 3.98. The number of hydrogen-bond acceptors (Lipinski definition) is 4. The first-order chi connectivity index (χ1) is 6.77. The Kier molecular flexibility index (Phi) is 3.25. The monoisotopic (exact) mass is 218 g/mol. The predicted molar refractivity (Wildman–Crippen MR) is 52.7 cm³/mol. The van der Waals surface area contributed by atoms with E-state index >= 15 is 0 Å². The molecule has 0 aromatic heterocycles. The van der Waals surface area contributed by atoms with E-state index in [1.807, 2.05) is 13.8 Å². The number of ether oxygens (including phenoxy) is 3. The Bertz CT molecular complexity index is 236. The summed E-state index contributed by atoms with van der Waals surface area (Å²) in [5, 5.41) is 8.68. The van der Waals surface area contributed by atoms with Gasteiger partial charge in [0, 0.05) is 0 Å². The molecule has 1 saturated heterocycles. The van der Waals surface area contributed by atoms with Gasteiger partial charge in [-0.3, -0.25) is 0 Å². The van der Waals surface area contributed by atoms with Crippen molar-refractivity contribution in [1.29, 1.82) is 0 Å². The number of rotatable bonds is 2. The molecule has 5 heteroatoms. The lowest BCUT2D eigenvalue weighted by atomic mass is 9.90. The van der Waals surface area contributed by atoms with Gasteiger partial charge in [-0.25, -0.2) is 4.79 Å². The van der Waals surface area contributed by atoms with Crippen molar-refractivity contribution in [3.63, 3.8) is 0 Å². The van der Waals surface area contributed by atoms with Gasteiger partial charge < -0.3 is 19.3 Å². The Morgan fingerprint density at radius 3 is 2.13 bits per heavy atom. The van der Waals surface area contributed by atoms with E-state index in [1.165, 1.54) is 0 Å². The number of hydrogen-bond donors (Lipinski definition) is 1. The highest BCUT2D eigenvalue weighted by Crippen LogP contribution is 2.31. The normalized spacial score (nSPS) is 23.8. The Morgan fingerprint density at radius 2 is 1.80 bits per heavy atom. The van der Waals surface area contributed by atoms with Gasteiger partial charge in [0.25, 0.3) is 0 Å².